The second-order valence-corrected chi connectivity index (χ2v) is 11.5. The number of imidazole rings is 1. The predicted octanol–water partition coefficient (Wildman–Crippen LogP) is 6.91. The molecule has 0 saturated heterocycles. The Morgan fingerprint density at radius 2 is 1.65 bits per heavy atom. The lowest BCUT2D eigenvalue weighted by atomic mass is 10.0. The van der Waals surface area contributed by atoms with E-state index < -0.39 is 24.1 Å². The van der Waals surface area contributed by atoms with E-state index in [1.807, 2.05) is 0 Å². The van der Waals surface area contributed by atoms with Gasteiger partial charge in [0.25, 0.3) is 0 Å². The third kappa shape index (κ3) is 5.71. The van der Waals surface area contributed by atoms with Gasteiger partial charge in [0, 0.05) is 37.8 Å². The first-order chi connectivity index (χ1) is 21.7. The Morgan fingerprint density at radius 3 is 2.24 bits per heavy atom. The van der Waals surface area contributed by atoms with Gasteiger partial charge in [0.15, 0.2) is 28.9 Å². The summed E-state index contributed by atoms with van der Waals surface area (Å²) in [6.07, 6.45) is -3.87. The number of hydrogen-bond donors (Lipinski definition) is 0. The molecule has 0 N–H and O–H groups in total. The number of hydrogen-bond acceptors (Lipinski definition) is 8. The fourth-order valence-electron chi connectivity index (χ4n) is 5.49. The molecule has 4 heterocycles. The number of halogens is 6. The lowest BCUT2D eigenvalue weighted by Gasteiger charge is -2.31. The van der Waals surface area contributed by atoms with Crippen LogP contribution in [0.25, 0.3) is 33.8 Å². The van der Waals surface area contributed by atoms with Crippen molar-refractivity contribution >= 4 is 16.9 Å². The van der Waals surface area contributed by atoms with Gasteiger partial charge in [0.1, 0.15) is 23.2 Å². The zero-order valence-electron chi connectivity index (χ0n) is 25.4. The number of anilines is 1. The molecule has 0 aliphatic heterocycles. The molecule has 1 saturated carbocycles. The summed E-state index contributed by atoms with van der Waals surface area (Å²) in [6.45, 7) is 3.38. The van der Waals surface area contributed by atoms with Crippen LogP contribution in [0.4, 0.5) is 32.2 Å². The van der Waals surface area contributed by atoms with E-state index in [0.717, 1.165) is 23.9 Å². The highest BCUT2D eigenvalue weighted by Gasteiger charge is 2.45. The molecule has 1 aromatic carbocycles. The van der Waals surface area contributed by atoms with Crippen LogP contribution in [0.3, 0.4) is 0 Å². The first kappa shape index (κ1) is 31.2. The van der Waals surface area contributed by atoms with Gasteiger partial charge in [-0.1, -0.05) is 24.3 Å². The SMILES string of the molecule is COc1ncnc(C2CC2)c1-c1nc(N(C)[C@H](c2ccc(-c3nc(C(F)(F)F)cn3C(C)C)cc2)C(F)(F)F)c2nn(C)cc2n1. The highest BCUT2D eigenvalue weighted by Crippen LogP contribution is 2.46. The quantitative estimate of drug-likeness (QED) is 0.168. The molecule has 5 aromatic rings. The smallest absolute Gasteiger partial charge is 0.434 e. The Balaban J connectivity index is 1.45. The van der Waals surface area contributed by atoms with Crippen molar-refractivity contribution < 1.29 is 31.1 Å². The number of nitrogens with zero attached hydrogens (tertiary/aromatic N) is 9. The summed E-state index contributed by atoms with van der Waals surface area (Å²) < 4.78 is 93.3. The number of benzene rings is 1. The van der Waals surface area contributed by atoms with E-state index in [1.165, 1.54) is 54.0 Å². The minimum atomic E-state index is -4.80. The number of methoxy groups -OCH3 is 1. The van der Waals surface area contributed by atoms with Crippen molar-refractivity contribution in [2.45, 2.75) is 57.0 Å². The Hall–Kier alpha value is -4.76. The highest BCUT2D eigenvalue weighted by atomic mass is 19.4. The summed E-state index contributed by atoms with van der Waals surface area (Å²) in [6, 6.07) is 2.54. The fraction of sp³-hybridized carbons (Fsp3) is 0.400. The van der Waals surface area contributed by atoms with Crippen molar-refractivity contribution in [3.8, 4) is 28.7 Å². The molecule has 0 amide bonds. The molecule has 0 spiro atoms. The second-order valence-electron chi connectivity index (χ2n) is 11.5. The van der Waals surface area contributed by atoms with E-state index in [-0.39, 0.29) is 52.0 Å². The normalized spacial score (nSPS) is 14.7. The van der Waals surface area contributed by atoms with Gasteiger partial charge >= 0.3 is 12.4 Å². The average Bonchev–Trinajstić information content (AvgIpc) is 3.60. The van der Waals surface area contributed by atoms with Gasteiger partial charge in [0.2, 0.25) is 5.88 Å². The molecule has 1 atom stereocenters. The largest absolute Gasteiger partial charge is 0.480 e. The minimum Gasteiger partial charge on any atom is -0.480 e. The van der Waals surface area contributed by atoms with Crippen molar-refractivity contribution in [3.63, 3.8) is 0 Å². The molecule has 0 bridgehead atoms. The van der Waals surface area contributed by atoms with Crippen molar-refractivity contribution in [3.05, 3.63) is 59.9 Å². The number of ether oxygens (including phenoxy) is 1. The molecule has 4 aromatic heterocycles. The highest BCUT2D eigenvalue weighted by molar-refractivity contribution is 5.88. The molecule has 1 fully saturated rings. The molecule has 0 unspecified atom stereocenters. The van der Waals surface area contributed by atoms with Crippen LogP contribution in [0.15, 0.2) is 43.0 Å². The van der Waals surface area contributed by atoms with E-state index in [1.54, 1.807) is 27.1 Å². The zero-order valence-corrected chi connectivity index (χ0v) is 25.4. The fourth-order valence-corrected chi connectivity index (χ4v) is 5.49. The van der Waals surface area contributed by atoms with Crippen molar-refractivity contribution in [2.75, 3.05) is 19.1 Å². The minimum absolute atomic E-state index is 0.00748. The molecule has 6 rings (SSSR count). The maximum absolute atomic E-state index is 14.9. The number of aromatic nitrogens is 8. The van der Waals surface area contributed by atoms with E-state index in [9.17, 15) is 26.3 Å². The maximum atomic E-state index is 14.9. The van der Waals surface area contributed by atoms with Gasteiger partial charge in [0.05, 0.1) is 19.0 Å². The second kappa shape index (κ2) is 11.2. The maximum Gasteiger partial charge on any atom is 0.434 e. The summed E-state index contributed by atoms with van der Waals surface area (Å²) in [7, 11) is 4.31. The molecule has 242 valence electrons. The van der Waals surface area contributed by atoms with Gasteiger partial charge in [-0.05, 0) is 32.3 Å². The van der Waals surface area contributed by atoms with E-state index in [4.69, 9.17) is 4.74 Å². The van der Waals surface area contributed by atoms with Crippen LogP contribution in [0.1, 0.15) is 61.6 Å². The molecule has 10 nitrogen and oxygen atoms in total. The third-order valence-corrected chi connectivity index (χ3v) is 7.78. The number of alkyl halides is 6. The summed E-state index contributed by atoms with van der Waals surface area (Å²) >= 11 is 0. The first-order valence-electron chi connectivity index (χ1n) is 14.3. The van der Waals surface area contributed by atoms with Gasteiger partial charge in [-0.2, -0.15) is 31.4 Å². The van der Waals surface area contributed by atoms with E-state index in [0.29, 0.717) is 16.8 Å². The van der Waals surface area contributed by atoms with Crippen molar-refractivity contribution in [1.29, 1.82) is 0 Å². The van der Waals surface area contributed by atoms with Crippen molar-refractivity contribution in [2.24, 2.45) is 7.05 Å². The van der Waals surface area contributed by atoms with E-state index >= 15 is 0 Å². The lowest BCUT2D eigenvalue weighted by molar-refractivity contribution is -0.149. The van der Waals surface area contributed by atoms with Gasteiger partial charge in [-0.3, -0.25) is 4.68 Å². The third-order valence-electron chi connectivity index (χ3n) is 7.78. The van der Waals surface area contributed by atoms with E-state index in [2.05, 4.69) is 30.0 Å². The Kier molecular flexibility index (Phi) is 7.63. The summed E-state index contributed by atoms with van der Waals surface area (Å²) in [4.78, 5) is 22.6. The van der Waals surface area contributed by atoms with Crippen LogP contribution in [-0.2, 0) is 13.2 Å². The molecule has 16 heteroatoms. The standard InChI is InChI=1S/C30H29F6N9O/c1-15(2)45-13-20(29(31,32)33)40-26(45)18-10-8-17(9-11-18)24(30(34,35)36)44(4)27-23-19(12-43(3)42-23)39-25(41-27)21-22(16-6-7-16)37-14-38-28(21)46-5/h8-16,24H,6-7H2,1-5H3/t24-/m1/s1. The monoisotopic (exact) mass is 645 g/mol. The number of rotatable bonds is 8. The molecular weight excluding hydrogens is 616 g/mol. The predicted molar refractivity (Wildman–Crippen MR) is 156 cm³/mol. The summed E-state index contributed by atoms with van der Waals surface area (Å²) in [5, 5.41) is 4.36. The Bertz CT molecular complexity index is 1890. The molecule has 0 radical (unpaired) electrons. The van der Waals surface area contributed by atoms with Gasteiger partial charge in [-0.15, -0.1) is 0 Å². The van der Waals surface area contributed by atoms with Crippen LogP contribution >= 0.6 is 0 Å². The summed E-state index contributed by atoms with van der Waals surface area (Å²) in [5.74, 6) is 0.321. The topological polar surface area (TPSA) is 99.7 Å². The first-order valence-corrected chi connectivity index (χ1v) is 14.3. The van der Waals surface area contributed by atoms with Crippen LogP contribution in [0, 0.1) is 0 Å². The van der Waals surface area contributed by atoms with Crippen LogP contribution < -0.4 is 9.64 Å². The Morgan fingerprint density at radius 1 is 0.957 bits per heavy atom. The molecule has 1 aliphatic carbocycles. The zero-order chi connectivity index (χ0) is 33.1. The van der Waals surface area contributed by atoms with Gasteiger partial charge in [-0.25, -0.2) is 24.9 Å². The van der Waals surface area contributed by atoms with Crippen LogP contribution in [0.5, 0.6) is 5.88 Å². The molecule has 46 heavy (non-hydrogen) atoms. The van der Waals surface area contributed by atoms with Crippen LogP contribution in [0.2, 0.25) is 0 Å². The molecular formula is C30H29F6N9O. The Labute approximate surface area is 259 Å². The van der Waals surface area contributed by atoms with Crippen LogP contribution in [-0.4, -0.2) is 59.6 Å². The number of aryl methyl sites for hydroxylation is 1. The van der Waals surface area contributed by atoms with Crippen molar-refractivity contribution in [1.82, 2.24) is 39.3 Å². The number of fused-ring (bicyclic) bond motifs is 1. The lowest BCUT2D eigenvalue weighted by Crippen LogP contribution is -2.36. The summed E-state index contributed by atoms with van der Waals surface area (Å²) in [5.41, 5.74) is 0.483. The average molecular weight is 646 g/mol. The van der Waals surface area contributed by atoms with Gasteiger partial charge < -0.3 is 14.2 Å². The molecule has 1 aliphatic rings.